The number of nitrogens with two attached hydrogens (primary N) is 1. The normalized spacial score (nSPS) is 17.5. The number of nitrogens with one attached hydrogen (secondary N) is 1. The van der Waals surface area contributed by atoms with Crippen LogP contribution in [0.4, 0.5) is 15.8 Å². The SMILES string of the molecule is CC1N=C(c2ccccc2F)c2cc(N)ccc2NC1=O. The molecule has 1 heterocycles. The molecule has 2 aromatic rings. The first-order chi connectivity index (χ1) is 10.1. The molecule has 1 aliphatic heterocycles. The van der Waals surface area contributed by atoms with Crippen LogP contribution in [0.2, 0.25) is 0 Å². The summed E-state index contributed by atoms with van der Waals surface area (Å²) in [5.74, 6) is -0.612. The van der Waals surface area contributed by atoms with Crippen molar-refractivity contribution in [3.63, 3.8) is 0 Å². The molecule has 0 aromatic heterocycles. The molecule has 0 radical (unpaired) electrons. The molecule has 1 aliphatic rings. The number of fused-ring (bicyclic) bond motifs is 1. The summed E-state index contributed by atoms with van der Waals surface area (Å²) in [5, 5.41) is 2.79. The van der Waals surface area contributed by atoms with E-state index in [1.54, 1.807) is 43.3 Å². The minimum absolute atomic E-state index is 0.229. The molecule has 0 fully saturated rings. The average molecular weight is 283 g/mol. The molecule has 0 spiro atoms. The molecule has 0 aliphatic carbocycles. The Bertz CT molecular complexity index is 755. The van der Waals surface area contributed by atoms with Crippen molar-refractivity contribution in [2.75, 3.05) is 11.1 Å². The molecule has 3 N–H and O–H groups in total. The Kier molecular flexibility index (Phi) is 3.17. The molecule has 0 bridgehead atoms. The molecule has 21 heavy (non-hydrogen) atoms. The van der Waals surface area contributed by atoms with Crippen molar-refractivity contribution in [1.29, 1.82) is 0 Å². The lowest BCUT2D eigenvalue weighted by Crippen LogP contribution is -2.22. The first-order valence-corrected chi connectivity index (χ1v) is 6.59. The molecule has 1 amide bonds. The third-order valence-electron chi connectivity index (χ3n) is 3.39. The maximum Gasteiger partial charge on any atom is 0.248 e. The van der Waals surface area contributed by atoms with Gasteiger partial charge in [0.2, 0.25) is 5.91 Å². The molecule has 106 valence electrons. The topological polar surface area (TPSA) is 67.5 Å². The number of carbonyl (C=O) groups is 1. The van der Waals surface area contributed by atoms with Gasteiger partial charge in [-0.2, -0.15) is 0 Å². The van der Waals surface area contributed by atoms with Gasteiger partial charge in [-0.3, -0.25) is 9.79 Å². The zero-order valence-corrected chi connectivity index (χ0v) is 11.4. The number of anilines is 2. The molecular weight excluding hydrogens is 269 g/mol. The lowest BCUT2D eigenvalue weighted by atomic mass is 9.99. The Morgan fingerprint density at radius 2 is 1.95 bits per heavy atom. The van der Waals surface area contributed by atoms with Crippen molar-refractivity contribution in [1.82, 2.24) is 0 Å². The highest BCUT2D eigenvalue weighted by molar-refractivity contribution is 6.20. The van der Waals surface area contributed by atoms with Gasteiger partial charge < -0.3 is 11.1 Å². The van der Waals surface area contributed by atoms with Crippen molar-refractivity contribution in [3.8, 4) is 0 Å². The summed E-state index contributed by atoms with van der Waals surface area (Å²) < 4.78 is 14.1. The van der Waals surface area contributed by atoms with Gasteiger partial charge in [-0.15, -0.1) is 0 Å². The van der Waals surface area contributed by atoms with E-state index in [-0.39, 0.29) is 11.7 Å². The minimum Gasteiger partial charge on any atom is -0.399 e. The third kappa shape index (κ3) is 2.38. The molecule has 1 atom stereocenters. The van der Waals surface area contributed by atoms with Crippen molar-refractivity contribution in [2.45, 2.75) is 13.0 Å². The fourth-order valence-electron chi connectivity index (χ4n) is 2.29. The van der Waals surface area contributed by atoms with Gasteiger partial charge in [0.25, 0.3) is 0 Å². The monoisotopic (exact) mass is 283 g/mol. The van der Waals surface area contributed by atoms with Gasteiger partial charge in [-0.25, -0.2) is 4.39 Å². The number of hydrogen-bond acceptors (Lipinski definition) is 3. The standard InChI is InChI=1S/C16H14FN3O/c1-9-16(21)20-14-7-6-10(18)8-12(14)15(19-9)11-4-2-3-5-13(11)17/h2-9H,18H2,1H3,(H,20,21). The summed E-state index contributed by atoms with van der Waals surface area (Å²) in [7, 11) is 0. The maximum atomic E-state index is 14.1. The number of nitrogens with zero attached hydrogens (tertiary/aromatic N) is 1. The fourth-order valence-corrected chi connectivity index (χ4v) is 2.29. The predicted molar refractivity (Wildman–Crippen MR) is 81.0 cm³/mol. The molecule has 2 aromatic carbocycles. The van der Waals surface area contributed by atoms with Crippen LogP contribution < -0.4 is 11.1 Å². The molecule has 0 saturated carbocycles. The van der Waals surface area contributed by atoms with E-state index in [0.29, 0.717) is 28.2 Å². The molecular formula is C16H14FN3O. The van der Waals surface area contributed by atoms with E-state index in [2.05, 4.69) is 10.3 Å². The summed E-state index contributed by atoms with van der Waals surface area (Å²) in [4.78, 5) is 16.4. The van der Waals surface area contributed by atoms with Gasteiger partial charge >= 0.3 is 0 Å². The van der Waals surface area contributed by atoms with E-state index >= 15 is 0 Å². The lowest BCUT2D eigenvalue weighted by molar-refractivity contribution is -0.116. The molecule has 3 rings (SSSR count). The first kappa shape index (κ1) is 13.3. The van der Waals surface area contributed by atoms with Crippen LogP contribution in [0.3, 0.4) is 0 Å². The second kappa shape index (κ2) is 5.01. The lowest BCUT2D eigenvalue weighted by Gasteiger charge is -2.11. The van der Waals surface area contributed by atoms with Crippen LogP contribution in [0.25, 0.3) is 0 Å². The van der Waals surface area contributed by atoms with Gasteiger partial charge in [-0.1, -0.05) is 12.1 Å². The highest BCUT2D eigenvalue weighted by Crippen LogP contribution is 2.27. The van der Waals surface area contributed by atoms with E-state index in [4.69, 9.17) is 5.73 Å². The van der Waals surface area contributed by atoms with Crippen LogP contribution in [-0.2, 0) is 4.79 Å². The van der Waals surface area contributed by atoms with Crippen LogP contribution in [0.15, 0.2) is 47.5 Å². The number of rotatable bonds is 1. The van der Waals surface area contributed by atoms with Crippen LogP contribution >= 0.6 is 0 Å². The number of benzene rings is 2. The van der Waals surface area contributed by atoms with Crippen molar-refractivity contribution in [2.24, 2.45) is 4.99 Å². The summed E-state index contributed by atoms with van der Waals surface area (Å²) in [5.41, 5.74) is 8.34. The van der Waals surface area contributed by atoms with E-state index in [9.17, 15) is 9.18 Å². The number of halogens is 1. The van der Waals surface area contributed by atoms with E-state index < -0.39 is 6.04 Å². The molecule has 1 unspecified atom stereocenters. The Balaban J connectivity index is 2.27. The van der Waals surface area contributed by atoms with Crippen LogP contribution in [0.5, 0.6) is 0 Å². The van der Waals surface area contributed by atoms with Crippen LogP contribution in [0.1, 0.15) is 18.1 Å². The molecule has 5 heteroatoms. The summed E-state index contributed by atoms with van der Waals surface area (Å²) in [6.45, 7) is 1.67. The average Bonchev–Trinajstić information content (AvgIpc) is 2.58. The number of nitrogen functional groups attached to an aromatic ring is 1. The quantitative estimate of drug-likeness (QED) is 0.790. The number of hydrogen-bond donors (Lipinski definition) is 2. The minimum atomic E-state index is -0.603. The smallest absolute Gasteiger partial charge is 0.248 e. The van der Waals surface area contributed by atoms with E-state index in [0.717, 1.165) is 0 Å². The van der Waals surface area contributed by atoms with E-state index in [1.165, 1.54) is 6.07 Å². The zero-order valence-electron chi connectivity index (χ0n) is 11.4. The highest BCUT2D eigenvalue weighted by Gasteiger charge is 2.24. The van der Waals surface area contributed by atoms with Crippen molar-refractivity contribution < 1.29 is 9.18 Å². The Morgan fingerprint density at radius 3 is 2.71 bits per heavy atom. The number of aliphatic imine (C=N–C) groups is 1. The number of carbonyl (C=O) groups excluding carboxylic acids is 1. The van der Waals surface area contributed by atoms with Crippen LogP contribution in [-0.4, -0.2) is 17.7 Å². The summed E-state index contributed by atoms with van der Waals surface area (Å²) >= 11 is 0. The second-order valence-corrected chi connectivity index (χ2v) is 4.93. The highest BCUT2D eigenvalue weighted by atomic mass is 19.1. The second-order valence-electron chi connectivity index (χ2n) is 4.93. The van der Waals surface area contributed by atoms with Crippen molar-refractivity contribution >= 4 is 23.0 Å². The number of benzodiazepines with no additional fused rings is 1. The Hall–Kier alpha value is -2.69. The van der Waals surface area contributed by atoms with Gasteiger partial charge in [0, 0.05) is 16.8 Å². The van der Waals surface area contributed by atoms with E-state index in [1.807, 2.05) is 0 Å². The largest absolute Gasteiger partial charge is 0.399 e. The maximum absolute atomic E-state index is 14.1. The fraction of sp³-hybridized carbons (Fsp3) is 0.125. The van der Waals surface area contributed by atoms with Gasteiger partial charge in [0.15, 0.2) is 0 Å². The predicted octanol–water partition coefficient (Wildman–Crippen LogP) is 2.59. The Labute approximate surface area is 121 Å². The molecule has 4 nitrogen and oxygen atoms in total. The van der Waals surface area contributed by atoms with Crippen LogP contribution in [0, 0.1) is 5.82 Å². The summed E-state index contributed by atoms with van der Waals surface area (Å²) in [6.07, 6.45) is 0. The third-order valence-corrected chi connectivity index (χ3v) is 3.39. The van der Waals surface area contributed by atoms with Crippen molar-refractivity contribution in [3.05, 3.63) is 59.4 Å². The molecule has 0 saturated heterocycles. The van der Waals surface area contributed by atoms with Gasteiger partial charge in [0.1, 0.15) is 11.9 Å². The first-order valence-electron chi connectivity index (χ1n) is 6.59. The van der Waals surface area contributed by atoms with Gasteiger partial charge in [0.05, 0.1) is 11.4 Å². The Morgan fingerprint density at radius 1 is 1.19 bits per heavy atom. The summed E-state index contributed by atoms with van der Waals surface area (Å²) in [6, 6.07) is 10.8. The zero-order chi connectivity index (χ0) is 15.0. The number of amides is 1. The van der Waals surface area contributed by atoms with Gasteiger partial charge in [-0.05, 0) is 37.3 Å².